The Labute approximate surface area is 150 Å². The standard InChI is InChI=1S/C20H30N2O3/c1-4-7-15(2)21-20(24)17-9-6-11-22(14-17)19(23)13-16-8-5-10-18(12-16)25-3/h5,8,10,12,15,17H,4,6-7,9,11,13-14H2,1-3H3,(H,21,24)/t15-,17+/m0/s1. The van der Waals surface area contributed by atoms with Gasteiger partial charge in [-0.15, -0.1) is 0 Å². The molecule has 0 saturated carbocycles. The van der Waals surface area contributed by atoms with Gasteiger partial charge < -0.3 is 15.0 Å². The van der Waals surface area contributed by atoms with Crippen LogP contribution < -0.4 is 10.1 Å². The van der Waals surface area contributed by atoms with E-state index in [-0.39, 0.29) is 23.8 Å². The van der Waals surface area contributed by atoms with Crippen molar-refractivity contribution in [3.05, 3.63) is 29.8 Å². The predicted octanol–water partition coefficient (Wildman–Crippen LogP) is 2.78. The van der Waals surface area contributed by atoms with Crippen molar-refractivity contribution in [1.29, 1.82) is 0 Å². The number of nitrogens with one attached hydrogen (secondary N) is 1. The van der Waals surface area contributed by atoms with Crippen molar-refractivity contribution < 1.29 is 14.3 Å². The van der Waals surface area contributed by atoms with Crippen LogP contribution in [0.2, 0.25) is 0 Å². The SMILES string of the molecule is CCC[C@H](C)NC(=O)[C@@H]1CCCN(C(=O)Cc2cccc(OC)c2)C1. The number of nitrogens with zero attached hydrogens (tertiary/aromatic N) is 1. The molecule has 0 aromatic heterocycles. The number of benzene rings is 1. The zero-order valence-electron chi connectivity index (χ0n) is 15.6. The molecule has 1 N–H and O–H groups in total. The molecule has 2 amide bonds. The van der Waals surface area contributed by atoms with E-state index in [1.165, 1.54) is 0 Å². The van der Waals surface area contributed by atoms with Gasteiger partial charge in [-0.3, -0.25) is 9.59 Å². The van der Waals surface area contributed by atoms with E-state index in [0.717, 1.165) is 43.5 Å². The molecule has 0 bridgehead atoms. The third kappa shape index (κ3) is 5.76. The number of hydrogen-bond acceptors (Lipinski definition) is 3. The molecule has 0 aliphatic carbocycles. The Morgan fingerprint density at radius 3 is 2.92 bits per heavy atom. The average Bonchev–Trinajstić information content (AvgIpc) is 2.62. The Morgan fingerprint density at radius 1 is 1.40 bits per heavy atom. The highest BCUT2D eigenvalue weighted by atomic mass is 16.5. The van der Waals surface area contributed by atoms with Gasteiger partial charge in [0.05, 0.1) is 19.4 Å². The Hall–Kier alpha value is -2.04. The highest BCUT2D eigenvalue weighted by molar-refractivity contribution is 5.82. The third-order valence-electron chi connectivity index (χ3n) is 4.74. The smallest absolute Gasteiger partial charge is 0.227 e. The van der Waals surface area contributed by atoms with Crippen molar-refractivity contribution in [2.45, 2.75) is 52.0 Å². The molecular formula is C20H30N2O3. The van der Waals surface area contributed by atoms with E-state index >= 15 is 0 Å². The van der Waals surface area contributed by atoms with Crippen LogP contribution in [0.4, 0.5) is 0 Å². The molecule has 0 spiro atoms. The van der Waals surface area contributed by atoms with E-state index in [0.29, 0.717) is 13.0 Å². The number of amides is 2. The van der Waals surface area contributed by atoms with E-state index in [1.54, 1.807) is 7.11 Å². The number of rotatable bonds is 7. The molecule has 1 fully saturated rings. The first-order chi connectivity index (χ1) is 12.0. The zero-order valence-corrected chi connectivity index (χ0v) is 15.6. The van der Waals surface area contributed by atoms with Gasteiger partial charge in [0.25, 0.3) is 0 Å². The molecule has 25 heavy (non-hydrogen) atoms. The highest BCUT2D eigenvalue weighted by Gasteiger charge is 2.28. The second-order valence-electron chi connectivity index (χ2n) is 6.91. The maximum Gasteiger partial charge on any atom is 0.227 e. The maximum atomic E-state index is 12.6. The topological polar surface area (TPSA) is 58.6 Å². The molecule has 5 heteroatoms. The molecule has 1 saturated heterocycles. The fourth-order valence-corrected chi connectivity index (χ4v) is 3.35. The minimum absolute atomic E-state index is 0.0763. The number of hydrogen-bond donors (Lipinski definition) is 1. The fraction of sp³-hybridized carbons (Fsp3) is 0.600. The molecule has 138 valence electrons. The molecule has 1 aromatic rings. The lowest BCUT2D eigenvalue weighted by Gasteiger charge is -2.32. The van der Waals surface area contributed by atoms with E-state index in [4.69, 9.17) is 4.74 Å². The first kappa shape index (κ1) is 19.3. The highest BCUT2D eigenvalue weighted by Crippen LogP contribution is 2.19. The number of carbonyl (C=O) groups excluding carboxylic acids is 2. The Balaban J connectivity index is 1.91. The van der Waals surface area contributed by atoms with E-state index in [1.807, 2.05) is 36.1 Å². The van der Waals surface area contributed by atoms with Crippen LogP contribution >= 0.6 is 0 Å². The van der Waals surface area contributed by atoms with Gasteiger partial charge in [-0.2, -0.15) is 0 Å². The van der Waals surface area contributed by atoms with Crippen molar-refractivity contribution >= 4 is 11.8 Å². The first-order valence-electron chi connectivity index (χ1n) is 9.24. The maximum absolute atomic E-state index is 12.6. The van der Waals surface area contributed by atoms with Crippen molar-refractivity contribution in [2.75, 3.05) is 20.2 Å². The summed E-state index contributed by atoms with van der Waals surface area (Å²) in [5.74, 6) is 0.820. The summed E-state index contributed by atoms with van der Waals surface area (Å²) in [4.78, 5) is 26.9. The normalized spacial score (nSPS) is 18.5. The summed E-state index contributed by atoms with van der Waals surface area (Å²) in [5.41, 5.74) is 0.937. The lowest BCUT2D eigenvalue weighted by molar-refractivity contribution is -0.135. The molecule has 1 heterocycles. The average molecular weight is 346 g/mol. The van der Waals surface area contributed by atoms with Gasteiger partial charge >= 0.3 is 0 Å². The predicted molar refractivity (Wildman–Crippen MR) is 98.5 cm³/mol. The fourth-order valence-electron chi connectivity index (χ4n) is 3.35. The van der Waals surface area contributed by atoms with Crippen molar-refractivity contribution in [3.63, 3.8) is 0 Å². The van der Waals surface area contributed by atoms with Crippen LogP contribution in [0.15, 0.2) is 24.3 Å². The van der Waals surface area contributed by atoms with Crippen LogP contribution in [0.3, 0.4) is 0 Å². The molecule has 1 aliphatic heterocycles. The van der Waals surface area contributed by atoms with Gasteiger partial charge in [-0.05, 0) is 43.9 Å². The largest absolute Gasteiger partial charge is 0.497 e. The number of piperidine rings is 1. The second kappa shape index (κ2) is 9.44. The molecule has 0 radical (unpaired) electrons. The summed E-state index contributed by atoms with van der Waals surface area (Å²) in [6.07, 6.45) is 4.11. The lowest BCUT2D eigenvalue weighted by Crippen LogP contribution is -2.47. The van der Waals surface area contributed by atoms with E-state index < -0.39 is 0 Å². The summed E-state index contributed by atoms with van der Waals surface area (Å²) in [6, 6.07) is 7.77. The summed E-state index contributed by atoms with van der Waals surface area (Å²) >= 11 is 0. The van der Waals surface area contributed by atoms with Crippen LogP contribution in [-0.2, 0) is 16.0 Å². The summed E-state index contributed by atoms with van der Waals surface area (Å²) in [7, 11) is 1.62. The second-order valence-corrected chi connectivity index (χ2v) is 6.91. The van der Waals surface area contributed by atoms with Crippen molar-refractivity contribution in [3.8, 4) is 5.75 Å². The van der Waals surface area contributed by atoms with Crippen LogP contribution in [0.5, 0.6) is 5.75 Å². The van der Waals surface area contributed by atoms with Gasteiger partial charge in [0.15, 0.2) is 0 Å². The van der Waals surface area contributed by atoms with Gasteiger partial charge in [-0.25, -0.2) is 0 Å². The lowest BCUT2D eigenvalue weighted by atomic mass is 9.96. The first-order valence-corrected chi connectivity index (χ1v) is 9.24. The number of methoxy groups -OCH3 is 1. The Kier molecular flexibility index (Phi) is 7.29. The van der Waals surface area contributed by atoms with Crippen molar-refractivity contribution in [1.82, 2.24) is 10.2 Å². The molecular weight excluding hydrogens is 316 g/mol. The summed E-state index contributed by atoms with van der Waals surface area (Å²) < 4.78 is 5.21. The number of carbonyl (C=O) groups is 2. The molecule has 1 aromatic carbocycles. The molecule has 5 nitrogen and oxygen atoms in total. The number of likely N-dealkylation sites (tertiary alicyclic amines) is 1. The minimum Gasteiger partial charge on any atom is -0.497 e. The van der Waals surface area contributed by atoms with E-state index in [2.05, 4.69) is 12.2 Å². The summed E-state index contributed by atoms with van der Waals surface area (Å²) in [6.45, 7) is 5.41. The summed E-state index contributed by atoms with van der Waals surface area (Å²) in [5, 5.41) is 3.08. The van der Waals surface area contributed by atoms with Crippen molar-refractivity contribution in [2.24, 2.45) is 5.92 Å². The zero-order chi connectivity index (χ0) is 18.2. The van der Waals surface area contributed by atoms with Gasteiger partial charge in [0.2, 0.25) is 11.8 Å². The molecule has 1 aliphatic rings. The minimum atomic E-state index is -0.0951. The molecule has 0 unspecified atom stereocenters. The Morgan fingerprint density at radius 2 is 2.20 bits per heavy atom. The quantitative estimate of drug-likeness (QED) is 0.826. The van der Waals surface area contributed by atoms with E-state index in [9.17, 15) is 9.59 Å². The van der Waals surface area contributed by atoms with Gasteiger partial charge in [-0.1, -0.05) is 25.5 Å². The number of ether oxygens (including phenoxy) is 1. The Bertz CT molecular complexity index is 588. The van der Waals surface area contributed by atoms with Crippen LogP contribution in [0.1, 0.15) is 45.1 Å². The van der Waals surface area contributed by atoms with Crippen LogP contribution in [0.25, 0.3) is 0 Å². The van der Waals surface area contributed by atoms with Gasteiger partial charge in [0, 0.05) is 19.1 Å². The van der Waals surface area contributed by atoms with Crippen LogP contribution in [-0.4, -0.2) is 43.0 Å². The molecule has 2 rings (SSSR count). The third-order valence-corrected chi connectivity index (χ3v) is 4.74. The van der Waals surface area contributed by atoms with Gasteiger partial charge in [0.1, 0.15) is 5.75 Å². The molecule has 2 atom stereocenters. The van der Waals surface area contributed by atoms with Crippen LogP contribution in [0, 0.1) is 5.92 Å². The monoisotopic (exact) mass is 346 g/mol.